The highest BCUT2D eigenvalue weighted by molar-refractivity contribution is 7.89. The van der Waals surface area contributed by atoms with Gasteiger partial charge in [-0.15, -0.1) is 0 Å². The molecule has 0 unspecified atom stereocenters. The van der Waals surface area contributed by atoms with E-state index in [0.717, 1.165) is 24.8 Å². The molecule has 1 atom stereocenters. The molecule has 2 heterocycles. The molecule has 3 aromatic rings. The lowest BCUT2D eigenvalue weighted by molar-refractivity contribution is -0.121. The van der Waals surface area contributed by atoms with Crippen molar-refractivity contribution in [3.8, 4) is 11.5 Å². The molecular weight excluding hydrogens is 496 g/mol. The van der Waals surface area contributed by atoms with Crippen molar-refractivity contribution >= 4 is 26.8 Å². The van der Waals surface area contributed by atoms with Gasteiger partial charge >= 0.3 is 5.69 Å². The first-order valence-electron chi connectivity index (χ1n) is 12.2. The van der Waals surface area contributed by atoms with E-state index in [1.807, 2.05) is 19.1 Å². The molecule has 4 rings (SSSR count). The molecule has 198 valence electrons. The fourth-order valence-corrected chi connectivity index (χ4v) is 6.37. The summed E-state index contributed by atoms with van der Waals surface area (Å²) in [6.45, 7) is 2.53. The Labute approximate surface area is 216 Å². The van der Waals surface area contributed by atoms with Crippen LogP contribution >= 0.6 is 0 Å². The van der Waals surface area contributed by atoms with Crippen LogP contribution in [0.3, 0.4) is 0 Å². The van der Waals surface area contributed by atoms with E-state index >= 15 is 0 Å². The quantitative estimate of drug-likeness (QED) is 0.453. The second-order valence-corrected chi connectivity index (χ2v) is 11.0. The van der Waals surface area contributed by atoms with E-state index in [1.54, 1.807) is 26.4 Å². The van der Waals surface area contributed by atoms with Gasteiger partial charge < -0.3 is 14.8 Å². The van der Waals surface area contributed by atoms with Crippen LogP contribution in [0.5, 0.6) is 11.5 Å². The minimum absolute atomic E-state index is 0.0655. The summed E-state index contributed by atoms with van der Waals surface area (Å²) >= 11 is 0. The van der Waals surface area contributed by atoms with Gasteiger partial charge in [-0.2, -0.15) is 4.31 Å². The molecule has 0 saturated carbocycles. The highest BCUT2D eigenvalue weighted by Crippen LogP contribution is 2.28. The number of hydrogen-bond acceptors (Lipinski definition) is 7. The summed E-state index contributed by atoms with van der Waals surface area (Å²) in [5, 5.41) is 3.30. The zero-order valence-corrected chi connectivity index (χ0v) is 22.1. The van der Waals surface area contributed by atoms with Crippen molar-refractivity contribution in [1.82, 2.24) is 19.2 Å². The summed E-state index contributed by atoms with van der Waals surface area (Å²) in [4.78, 5) is 29.2. The van der Waals surface area contributed by atoms with E-state index in [1.165, 1.54) is 27.2 Å². The Balaban J connectivity index is 1.47. The summed E-state index contributed by atoms with van der Waals surface area (Å²) in [5.41, 5.74) is 0.821. The maximum absolute atomic E-state index is 13.2. The predicted molar refractivity (Wildman–Crippen MR) is 139 cm³/mol. The molecule has 11 heteroatoms. The Morgan fingerprint density at radius 2 is 1.89 bits per heavy atom. The first-order valence-corrected chi connectivity index (χ1v) is 13.7. The van der Waals surface area contributed by atoms with Gasteiger partial charge in [0.2, 0.25) is 15.9 Å². The topological polar surface area (TPSA) is 120 Å². The lowest BCUT2D eigenvalue weighted by atomic mass is 10.1. The first-order chi connectivity index (χ1) is 17.7. The Hall–Kier alpha value is -3.44. The van der Waals surface area contributed by atoms with Crippen molar-refractivity contribution in [3.05, 3.63) is 58.6 Å². The zero-order valence-electron chi connectivity index (χ0n) is 21.3. The third-order valence-corrected chi connectivity index (χ3v) is 8.68. The number of sulfonamides is 1. The summed E-state index contributed by atoms with van der Waals surface area (Å²) in [6.07, 6.45) is 4.58. The summed E-state index contributed by atoms with van der Waals surface area (Å²) in [6, 6.07) is 10.1. The number of amides is 1. The standard InChI is InChI=1S/C26H32N4O6S/c1-18-6-4-5-13-30(18)37(33,34)21-8-9-22-20(15-21)16-28-26(32)29(22)17-25(31)27-12-11-19-7-10-23(35-2)24(14-19)36-3/h7-10,14-16,18H,4-6,11-13,17H2,1-3H3,(H,27,31)/t18-/m1/s1. The van der Waals surface area contributed by atoms with E-state index < -0.39 is 15.7 Å². The fraction of sp³-hybridized carbons (Fsp3) is 0.423. The summed E-state index contributed by atoms with van der Waals surface area (Å²) < 4.78 is 39.8. The van der Waals surface area contributed by atoms with Crippen LogP contribution in [-0.4, -0.2) is 61.5 Å². The normalized spacial score (nSPS) is 16.5. The van der Waals surface area contributed by atoms with Crippen molar-refractivity contribution in [2.24, 2.45) is 0 Å². The van der Waals surface area contributed by atoms with Crippen molar-refractivity contribution < 1.29 is 22.7 Å². The van der Waals surface area contributed by atoms with Gasteiger partial charge in [0.1, 0.15) is 6.54 Å². The highest BCUT2D eigenvalue weighted by Gasteiger charge is 2.31. The average Bonchev–Trinajstić information content (AvgIpc) is 2.90. The molecule has 1 saturated heterocycles. The zero-order chi connectivity index (χ0) is 26.6. The molecular formula is C26H32N4O6S. The van der Waals surface area contributed by atoms with E-state index in [2.05, 4.69) is 10.3 Å². The van der Waals surface area contributed by atoms with Crippen LogP contribution in [0.25, 0.3) is 10.9 Å². The number of carbonyl (C=O) groups is 1. The van der Waals surface area contributed by atoms with Gasteiger partial charge in [0.25, 0.3) is 0 Å². The average molecular weight is 529 g/mol. The lowest BCUT2D eigenvalue weighted by Gasteiger charge is -2.32. The highest BCUT2D eigenvalue weighted by atomic mass is 32.2. The number of carbonyl (C=O) groups excluding carboxylic acids is 1. The molecule has 10 nitrogen and oxygen atoms in total. The molecule has 0 radical (unpaired) electrons. The SMILES string of the molecule is COc1ccc(CCNC(=O)Cn2c(=O)ncc3cc(S(=O)(=O)N4CCCC[C@H]4C)ccc32)cc1OC. The third kappa shape index (κ3) is 5.78. The van der Waals surface area contributed by atoms with Crippen molar-refractivity contribution in [2.75, 3.05) is 27.3 Å². The maximum atomic E-state index is 13.2. The Kier molecular flexibility index (Phi) is 8.13. The van der Waals surface area contributed by atoms with Crippen LogP contribution < -0.4 is 20.5 Å². The Morgan fingerprint density at radius 3 is 2.62 bits per heavy atom. The minimum Gasteiger partial charge on any atom is -0.493 e. The molecule has 1 aliphatic rings. The number of hydrogen-bond donors (Lipinski definition) is 1. The van der Waals surface area contributed by atoms with Gasteiger partial charge in [0, 0.05) is 30.7 Å². The van der Waals surface area contributed by atoms with E-state index in [0.29, 0.717) is 41.9 Å². The molecule has 1 N–H and O–H groups in total. The second-order valence-electron chi connectivity index (χ2n) is 9.10. The molecule has 37 heavy (non-hydrogen) atoms. The number of rotatable bonds is 9. The van der Waals surface area contributed by atoms with Gasteiger partial charge in [-0.3, -0.25) is 9.36 Å². The minimum atomic E-state index is -3.67. The summed E-state index contributed by atoms with van der Waals surface area (Å²) in [5.74, 6) is 0.881. The van der Waals surface area contributed by atoms with Crippen molar-refractivity contribution in [2.45, 2.75) is 50.1 Å². The first kappa shape index (κ1) is 26.6. The number of ether oxygens (including phenoxy) is 2. The van der Waals surface area contributed by atoms with E-state index in [-0.39, 0.29) is 23.4 Å². The molecule has 0 bridgehead atoms. The number of nitrogens with zero attached hydrogens (tertiary/aromatic N) is 3. The molecule has 1 aliphatic heterocycles. The molecule has 2 aromatic carbocycles. The Morgan fingerprint density at radius 1 is 1.11 bits per heavy atom. The third-order valence-electron chi connectivity index (χ3n) is 6.67. The van der Waals surface area contributed by atoms with Crippen molar-refractivity contribution in [1.29, 1.82) is 0 Å². The molecule has 0 spiro atoms. The monoisotopic (exact) mass is 528 g/mol. The fourth-order valence-electron chi connectivity index (χ4n) is 4.64. The number of benzene rings is 2. The number of piperidine rings is 1. The smallest absolute Gasteiger partial charge is 0.348 e. The predicted octanol–water partition coefficient (Wildman–Crippen LogP) is 2.34. The van der Waals surface area contributed by atoms with Gasteiger partial charge in [-0.1, -0.05) is 12.5 Å². The number of aromatic nitrogens is 2. The van der Waals surface area contributed by atoms with Gasteiger partial charge in [-0.25, -0.2) is 18.2 Å². The van der Waals surface area contributed by atoms with Crippen molar-refractivity contribution in [3.63, 3.8) is 0 Å². The Bertz CT molecular complexity index is 1450. The van der Waals surface area contributed by atoms with Crippen LogP contribution in [0.4, 0.5) is 0 Å². The van der Waals surface area contributed by atoms with Gasteiger partial charge in [-0.05, 0) is 62.1 Å². The molecule has 1 amide bonds. The number of fused-ring (bicyclic) bond motifs is 1. The molecule has 1 aromatic heterocycles. The lowest BCUT2D eigenvalue weighted by Crippen LogP contribution is -2.41. The van der Waals surface area contributed by atoms with Crippen LogP contribution in [0.15, 0.2) is 52.3 Å². The van der Waals surface area contributed by atoms with E-state index in [9.17, 15) is 18.0 Å². The van der Waals surface area contributed by atoms with Crippen LogP contribution in [0, 0.1) is 0 Å². The molecule has 1 fully saturated rings. The van der Waals surface area contributed by atoms with E-state index in [4.69, 9.17) is 9.47 Å². The van der Waals surface area contributed by atoms with Crippen LogP contribution in [0.1, 0.15) is 31.7 Å². The second kappa shape index (κ2) is 11.3. The number of methoxy groups -OCH3 is 2. The maximum Gasteiger partial charge on any atom is 0.348 e. The largest absolute Gasteiger partial charge is 0.493 e. The van der Waals surface area contributed by atoms with Crippen LogP contribution in [0.2, 0.25) is 0 Å². The summed E-state index contributed by atoms with van der Waals surface area (Å²) in [7, 11) is -0.547. The van der Waals surface area contributed by atoms with Gasteiger partial charge in [0.05, 0.1) is 24.6 Å². The van der Waals surface area contributed by atoms with Crippen LogP contribution in [-0.2, 0) is 27.8 Å². The molecule has 0 aliphatic carbocycles. The van der Waals surface area contributed by atoms with Gasteiger partial charge in [0.15, 0.2) is 11.5 Å². The number of nitrogens with one attached hydrogen (secondary N) is 1.